The van der Waals surface area contributed by atoms with E-state index in [1.807, 2.05) is 24.4 Å². The Hall–Kier alpha value is -1.61. The molecule has 0 amide bonds. The summed E-state index contributed by atoms with van der Waals surface area (Å²) in [6.45, 7) is 6.30. The van der Waals surface area contributed by atoms with E-state index in [1.165, 1.54) is 11.1 Å². The number of aromatic nitrogens is 2. The molecular formula is C14H19N3. The summed E-state index contributed by atoms with van der Waals surface area (Å²) in [5.74, 6) is 0.669. The van der Waals surface area contributed by atoms with Crippen molar-refractivity contribution in [2.45, 2.75) is 20.4 Å². The summed E-state index contributed by atoms with van der Waals surface area (Å²) in [7, 11) is 0. The smallest absolute Gasteiger partial charge is 0.0695 e. The van der Waals surface area contributed by atoms with Crippen LogP contribution in [0.4, 0.5) is 0 Å². The van der Waals surface area contributed by atoms with E-state index in [2.05, 4.69) is 41.5 Å². The lowest BCUT2D eigenvalue weighted by Gasteiger charge is -2.07. The first-order valence-electron chi connectivity index (χ1n) is 6.05. The Bertz CT molecular complexity index is 446. The molecule has 0 atom stereocenters. The number of hydrogen-bond donors (Lipinski definition) is 2. The molecule has 0 saturated heterocycles. The first kappa shape index (κ1) is 11.9. The van der Waals surface area contributed by atoms with E-state index < -0.39 is 0 Å². The van der Waals surface area contributed by atoms with Gasteiger partial charge in [0, 0.05) is 12.1 Å². The molecule has 3 heteroatoms. The molecule has 0 bridgehead atoms. The molecule has 0 unspecified atom stereocenters. The third-order valence-electron chi connectivity index (χ3n) is 2.65. The molecule has 0 aliphatic rings. The standard InChI is InChI=1S/C14H19N3/c1-11(2)8-15-9-13-10-16-17-14(13)12-6-4-3-5-7-12/h3-7,10-11,15H,8-9H2,1-2H3,(H,16,17). The summed E-state index contributed by atoms with van der Waals surface area (Å²) < 4.78 is 0. The van der Waals surface area contributed by atoms with E-state index in [-0.39, 0.29) is 0 Å². The zero-order valence-corrected chi connectivity index (χ0v) is 10.4. The van der Waals surface area contributed by atoms with E-state index in [0.29, 0.717) is 5.92 Å². The van der Waals surface area contributed by atoms with Crippen molar-refractivity contribution >= 4 is 0 Å². The van der Waals surface area contributed by atoms with Gasteiger partial charge in [0.15, 0.2) is 0 Å². The maximum Gasteiger partial charge on any atom is 0.0695 e. The van der Waals surface area contributed by atoms with Crippen molar-refractivity contribution in [2.24, 2.45) is 5.92 Å². The van der Waals surface area contributed by atoms with Crippen LogP contribution in [0, 0.1) is 5.92 Å². The van der Waals surface area contributed by atoms with Crippen LogP contribution in [0.3, 0.4) is 0 Å². The zero-order valence-electron chi connectivity index (χ0n) is 10.4. The fourth-order valence-electron chi connectivity index (χ4n) is 1.80. The Morgan fingerprint density at radius 2 is 2.00 bits per heavy atom. The highest BCUT2D eigenvalue weighted by Gasteiger charge is 2.06. The number of hydrogen-bond acceptors (Lipinski definition) is 2. The van der Waals surface area contributed by atoms with Crippen LogP contribution in [0.15, 0.2) is 36.5 Å². The van der Waals surface area contributed by atoms with E-state index in [0.717, 1.165) is 18.8 Å². The molecule has 3 nitrogen and oxygen atoms in total. The van der Waals surface area contributed by atoms with E-state index in [4.69, 9.17) is 0 Å². The summed E-state index contributed by atoms with van der Waals surface area (Å²) in [6.07, 6.45) is 1.90. The summed E-state index contributed by atoms with van der Waals surface area (Å²) in [4.78, 5) is 0. The van der Waals surface area contributed by atoms with Gasteiger partial charge < -0.3 is 5.32 Å². The molecule has 1 heterocycles. The van der Waals surface area contributed by atoms with Crippen molar-refractivity contribution in [3.05, 3.63) is 42.1 Å². The maximum atomic E-state index is 4.13. The topological polar surface area (TPSA) is 40.7 Å². The molecule has 1 aromatic carbocycles. The minimum Gasteiger partial charge on any atom is -0.312 e. The lowest BCUT2D eigenvalue weighted by Crippen LogP contribution is -2.19. The van der Waals surface area contributed by atoms with Gasteiger partial charge in [-0.15, -0.1) is 0 Å². The summed E-state index contributed by atoms with van der Waals surface area (Å²) >= 11 is 0. The predicted octanol–water partition coefficient (Wildman–Crippen LogP) is 2.82. The normalized spacial score (nSPS) is 11.0. The Morgan fingerprint density at radius 1 is 1.24 bits per heavy atom. The molecule has 1 aromatic heterocycles. The maximum absolute atomic E-state index is 4.13. The van der Waals surface area contributed by atoms with E-state index in [9.17, 15) is 0 Å². The van der Waals surface area contributed by atoms with Crippen molar-refractivity contribution < 1.29 is 0 Å². The number of rotatable bonds is 5. The van der Waals surface area contributed by atoms with Crippen LogP contribution in [0.25, 0.3) is 11.3 Å². The van der Waals surface area contributed by atoms with E-state index in [1.54, 1.807) is 0 Å². The minimum absolute atomic E-state index is 0.669. The molecule has 0 aliphatic carbocycles. The second kappa shape index (κ2) is 5.64. The van der Waals surface area contributed by atoms with Gasteiger partial charge in [-0.3, -0.25) is 5.10 Å². The SMILES string of the molecule is CC(C)CNCc1cn[nH]c1-c1ccccc1. The van der Waals surface area contributed by atoms with Gasteiger partial charge in [-0.05, 0) is 18.0 Å². The number of H-pyrrole nitrogens is 1. The number of nitrogens with one attached hydrogen (secondary N) is 2. The molecule has 0 aliphatic heterocycles. The molecule has 0 radical (unpaired) electrons. The van der Waals surface area contributed by atoms with Crippen molar-refractivity contribution in [3.8, 4) is 11.3 Å². The van der Waals surface area contributed by atoms with Crippen molar-refractivity contribution in [3.63, 3.8) is 0 Å². The summed E-state index contributed by atoms with van der Waals surface area (Å²) in [6, 6.07) is 10.3. The molecule has 90 valence electrons. The van der Waals surface area contributed by atoms with Gasteiger partial charge in [0.25, 0.3) is 0 Å². The zero-order chi connectivity index (χ0) is 12.1. The lowest BCUT2D eigenvalue weighted by molar-refractivity contribution is 0.553. The quantitative estimate of drug-likeness (QED) is 0.827. The Balaban J connectivity index is 2.07. The third kappa shape index (κ3) is 3.17. The average molecular weight is 229 g/mol. The highest BCUT2D eigenvalue weighted by molar-refractivity contribution is 5.62. The molecule has 0 spiro atoms. The van der Waals surface area contributed by atoms with Gasteiger partial charge in [0.1, 0.15) is 0 Å². The predicted molar refractivity (Wildman–Crippen MR) is 70.6 cm³/mol. The monoisotopic (exact) mass is 229 g/mol. The van der Waals surface area contributed by atoms with Crippen molar-refractivity contribution in [1.82, 2.24) is 15.5 Å². The van der Waals surface area contributed by atoms with Crippen LogP contribution in [0.1, 0.15) is 19.4 Å². The minimum atomic E-state index is 0.669. The molecule has 0 fully saturated rings. The molecule has 0 saturated carbocycles. The largest absolute Gasteiger partial charge is 0.312 e. The fourth-order valence-corrected chi connectivity index (χ4v) is 1.80. The van der Waals surface area contributed by atoms with Gasteiger partial charge in [0.05, 0.1) is 11.9 Å². The van der Waals surface area contributed by atoms with Crippen LogP contribution >= 0.6 is 0 Å². The van der Waals surface area contributed by atoms with Crippen LogP contribution in [-0.2, 0) is 6.54 Å². The molecule has 2 aromatic rings. The molecule has 17 heavy (non-hydrogen) atoms. The first-order valence-corrected chi connectivity index (χ1v) is 6.05. The van der Waals surface area contributed by atoms with Crippen LogP contribution in [0.5, 0.6) is 0 Å². The second-order valence-electron chi connectivity index (χ2n) is 4.66. The van der Waals surface area contributed by atoms with Gasteiger partial charge in [0.2, 0.25) is 0 Å². The summed E-state index contributed by atoms with van der Waals surface area (Å²) in [5, 5.41) is 10.6. The number of benzene rings is 1. The first-order chi connectivity index (χ1) is 8.27. The molecule has 2 rings (SSSR count). The van der Waals surface area contributed by atoms with Crippen molar-refractivity contribution in [2.75, 3.05) is 6.54 Å². The van der Waals surface area contributed by atoms with Gasteiger partial charge in [-0.25, -0.2) is 0 Å². The summed E-state index contributed by atoms with van der Waals surface area (Å²) in [5.41, 5.74) is 3.52. The third-order valence-corrected chi connectivity index (χ3v) is 2.65. The average Bonchev–Trinajstić information content (AvgIpc) is 2.78. The van der Waals surface area contributed by atoms with Crippen molar-refractivity contribution in [1.29, 1.82) is 0 Å². The Labute approximate surface area is 102 Å². The fraction of sp³-hybridized carbons (Fsp3) is 0.357. The Morgan fingerprint density at radius 3 is 2.71 bits per heavy atom. The molecule has 2 N–H and O–H groups in total. The van der Waals surface area contributed by atoms with Gasteiger partial charge >= 0.3 is 0 Å². The highest BCUT2D eigenvalue weighted by atomic mass is 15.1. The highest BCUT2D eigenvalue weighted by Crippen LogP contribution is 2.20. The second-order valence-corrected chi connectivity index (χ2v) is 4.66. The van der Waals surface area contributed by atoms with Crippen LogP contribution in [0.2, 0.25) is 0 Å². The van der Waals surface area contributed by atoms with Gasteiger partial charge in [-0.1, -0.05) is 44.2 Å². The van der Waals surface area contributed by atoms with Crippen LogP contribution < -0.4 is 5.32 Å². The van der Waals surface area contributed by atoms with E-state index >= 15 is 0 Å². The number of aromatic amines is 1. The Kier molecular flexibility index (Phi) is 3.94. The lowest BCUT2D eigenvalue weighted by atomic mass is 10.1. The van der Waals surface area contributed by atoms with Crippen LogP contribution in [-0.4, -0.2) is 16.7 Å². The number of nitrogens with zero attached hydrogens (tertiary/aromatic N) is 1. The molecular weight excluding hydrogens is 210 g/mol. The van der Waals surface area contributed by atoms with Gasteiger partial charge in [-0.2, -0.15) is 5.10 Å².